The van der Waals surface area contributed by atoms with E-state index < -0.39 is 0 Å². The lowest BCUT2D eigenvalue weighted by atomic mass is 10.9. The first-order chi connectivity index (χ1) is 8.00. The molecule has 0 nitrogen and oxygen atoms in total. The van der Waals surface area contributed by atoms with Crippen LogP contribution in [0.3, 0.4) is 0 Å². The van der Waals surface area contributed by atoms with E-state index in [0.29, 0.717) is 0 Å². The molecule has 1 heterocycles. The van der Waals surface area contributed by atoms with E-state index in [1.165, 1.54) is 56.2 Å². The first-order valence-electron chi connectivity index (χ1n) is 5.46. The minimum atomic E-state index is 1.30. The standard InChI is InChI=1S/C10H20S6/c1-5-13-9-15-7-3-12-4-8-16-10-14-6-2-11-1/h1-10H2. The zero-order valence-corrected chi connectivity index (χ0v) is 14.4. The van der Waals surface area contributed by atoms with Crippen LogP contribution in [-0.4, -0.2) is 56.2 Å². The molecule has 0 aliphatic carbocycles. The highest BCUT2D eigenvalue weighted by molar-refractivity contribution is 8.17. The van der Waals surface area contributed by atoms with Gasteiger partial charge in [0, 0.05) is 56.2 Å². The lowest BCUT2D eigenvalue weighted by molar-refractivity contribution is 1.48. The molecule has 0 aromatic carbocycles. The van der Waals surface area contributed by atoms with Gasteiger partial charge in [-0.1, -0.05) is 0 Å². The topological polar surface area (TPSA) is 0 Å². The minimum absolute atomic E-state index is 1.30. The Kier molecular flexibility index (Phi) is 13.7. The van der Waals surface area contributed by atoms with Gasteiger partial charge >= 0.3 is 0 Å². The second-order valence-electron chi connectivity index (χ2n) is 3.09. The van der Waals surface area contributed by atoms with Gasteiger partial charge in [0.05, 0.1) is 0 Å². The first kappa shape index (κ1) is 16.2. The molecule has 1 fully saturated rings. The summed E-state index contributed by atoms with van der Waals surface area (Å²) >= 11 is 12.7. The van der Waals surface area contributed by atoms with E-state index >= 15 is 0 Å². The van der Waals surface area contributed by atoms with E-state index in [4.69, 9.17) is 0 Å². The molecule has 1 aliphatic rings. The van der Waals surface area contributed by atoms with Gasteiger partial charge in [-0.05, 0) is 0 Å². The maximum absolute atomic E-state index is 2.12. The number of hydrogen-bond acceptors (Lipinski definition) is 6. The Morgan fingerprint density at radius 3 is 0.875 bits per heavy atom. The van der Waals surface area contributed by atoms with Gasteiger partial charge in [-0.2, -0.15) is 70.6 Å². The highest BCUT2D eigenvalue weighted by Crippen LogP contribution is 2.19. The Bertz CT molecular complexity index is 79.3. The highest BCUT2D eigenvalue weighted by atomic mass is 32.2. The van der Waals surface area contributed by atoms with Gasteiger partial charge in [0.2, 0.25) is 0 Å². The third kappa shape index (κ3) is 11.2. The molecule has 0 atom stereocenters. The summed E-state index contributed by atoms with van der Waals surface area (Å²) in [5.41, 5.74) is 0. The van der Waals surface area contributed by atoms with Crippen LogP contribution in [0, 0.1) is 0 Å². The van der Waals surface area contributed by atoms with Gasteiger partial charge in [0.1, 0.15) is 0 Å². The zero-order valence-electron chi connectivity index (χ0n) is 9.52. The molecule has 0 radical (unpaired) electrons. The van der Waals surface area contributed by atoms with Crippen molar-refractivity contribution in [3.8, 4) is 0 Å². The van der Waals surface area contributed by atoms with Crippen molar-refractivity contribution in [1.29, 1.82) is 0 Å². The fourth-order valence-corrected chi connectivity index (χ4v) is 8.04. The van der Waals surface area contributed by atoms with E-state index in [0.717, 1.165) is 0 Å². The fourth-order valence-electron chi connectivity index (χ4n) is 1.03. The highest BCUT2D eigenvalue weighted by Gasteiger charge is 1.96. The third-order valence-corrected chi connectivity index (χ3v) is 9.46. The molecule has 0 spiro atoms. The van der Waals surface area contributed by atoms with Crippen LogP contribution in [0.15, 0.2) is 0 Å². The molecule has 0 aromatic heterocycles. The van der Waals surface area contributed by atoms with Gasteiger partial charge in [-0.15, -0.1) is 0 Å². The molecule has 1 rings (SSSR count). The van der Waals surface area contributed by atoms with Crippen molar-refractivity contribution in [1.82, 2.24) is 0 Å². The second-order valence-corrected chi connectivity index (χ2v) is 10.7. The van der Waals surface area contributed by atoms with Crippen LogP contribution in [0.25, 0.3) is 0 Å². The summed E-state index contributed by atoms with van der Waals surface area (Å²) in [5.74, 6) is 10.7. The van der Waals surface area contributed by atoms with Crippen LogP contribution >= 0.6 is 70.6 Å². The molecule has 1 saturated heterocycles. The van der Waals surface area contributed by atoms with E-state index in [1.54, 1.807) is 0 Å². The second kappa shape index (κ2) is 13.5. The van der Waals surface area contributed by atoms with Crippen molar-refractivity contribution in [3.63, 3.8) is 0 Å². The van der Waals surface area contributed by atoms with Crippen molar-refractivity contribution in [2.24, 2.45) is 0 Å². The monoisotopic (exact) mass is 332 g/mol. The Balaban J connectivity index is 2.00. The van der Waals surface area contributed by atoms with Crippen LogP contribution in [-0.2, 0) is 0 Å². The quantitative estimate of drug-likeness (QED) is 0.643. The summed E-state index contributed by atoms with van der Waals surface area (Å²) in [6.07, 6.45) is 0. The van der Waals surface area contributed by atoms with E-state index in [1.807, 2.05) is 0 Å². The van der Waals surface area contributed by atoms with Crippen molar-refractivity contribution in [2.75, 3.05) is 56.2 Å². The molecule has 0 unspecified atom stereocenters. The summed E-state index contributed by atoms with van der Waals surface area (Å²) in [6, 6.07) is 0. The van der Waals surface area contributed by atoms with Crippen molar-refractivity contribution in [3.05, 3.63) is 0 Å². The Labute approximate surface area is 126 Å². The van der Waals surface area contributed by atoms with Gasteiger partial charge in [0.25, 0.3) is 0 Å². The average molecular weight is 333 g/mol. The molecule has 0 bridgehead atoms. The normalized spacial score (nSPS) is 24.0. The molecule has 0 aromatic rings. The Morgan fingerprint density at radius 2 is 0.562 bits per heavy atom. The maximum atomic E-state index is 2.12. The first-order valence-corrected chi connectivity index (χ1v) is 12.4. The Hall–Kier alpha value is 2.10. The predicted octanol–water partition coefficient (Wildman–Crippen LogP) is 4.31. The van der Waals surface area contributed by atoms with Crippen LogP contribution in [0.4, 0.5) is 0 Å². The van der Waals surface area contributed by atoms with Gasteiger partial charge in [-0.25, -0.2) is 0 Å². The van der Waals surface area contributed by atoms with Gasteiger partial charge < -0.3 is 0 Å². The van der Waals surface area contributed by atoms with E-state index in [-0.39, 0.29) is 0 Å². The SMILES string of the molecule is C1CSCSCCSCCSCSCCS1. The van der Waals surface area contributed by atoms with Crippen molar-refractivity contribution < 1.29 is 0 Å². The summed E-state index contributed by atoms with van der Waals surface area (Å²) in [5, 5.41) is 2.59. The minimum Gasteiger partial charge on any atom is -0.160 e. The van der Waals surface area contributed by atoms with Crippen LogP contribution in [0.5, 0.6) is 0 Å². The molecular weight excluding hydrogens is 313 g/mol. The van der Waals surface area contributed by atoms with E-state index in [2.05, 4.69) is 70.6 Å². The summed E-state index contributed by atoms with van der Waals surface area (Å²) < 4.78 is 0. The summed E-state index contributed by atoms with van der Waals surface area (Å²) in [4.78, 5) is 0. The largest absolute Gasteiger partial charge is 0.160 e. The van der Waals surface area contributed by atoms with Gasteiger partial charge in [-0.3, -0.25) is 0 Å². The summed E-state index contributed by atoms with van der Waals surface area (Å²) in [7, 11) is 0. The lowest BCUT2D eigenvalue weighted by Crippen LogP contribution is -1.94. The summed E-state index contributed by atoms with van der Waals surface area (Å²) in [6.45, 7) is 0. The van der Waals surface area contributed by atoms with E-state index in [9.17, 15) is 0 Å². The average Bonchev–Trinajstić information content (AvgIpc) is 2.29. The number of thioether (sulfide) groups is 6. The van der Waals surface area contributed by atoms with Crippen LogP contribution in [0.2, 0.25) is 0 Å². The molecule has 1 aliphatic heterocycles. The predicted molar refractivity (Wildman–Crippen MR) is 94.2 cm³/mol. The number of rotatable bonds is 0. The molecule has 6 heteroatoms. The van der Waals surface area contributed by atoms with Crippen LogP contribution in [0.1, 0.15) is 0 Å². The maximum Gasteiger partial charge on any atom is 0.0392 e. The zero-order chi connectivity index (χ0) is 11.3. The Morgan fingerprint density at radius 1 is 0.312 bits per heavy atom. The molecule has 0 N–H and O–H groups in total. The number of hydrogen-bond donors (Lipinski definition) is 0. The lowest BCUT2D eigenvalue weighted by Gasteiger charge is -2.05. The fraction of sp³-hybridized carbons (Fsp3) is 1.00. The molecule has 0 saturated carbocycles. The molecule has 16 heavy (non-hydrogen) atoms. The van der Waals surface area contributed by atoms with Crippen LogP contribution < -0.4 is 0 Å². The van der Waals surface area contributed by atoms with Crippen molar-refractivity contribution >= 4 is 70.6 Å². The van der Waals surface area contributed by atoms with Crippen molar-refractivity contribution in [2.45, 2.75) is 0 Å². The molecule has 0 amide bonds. The molecular formula is C10H20S6. The smallest absolute Gasteiger partial charge is 0.0392 e. The molecule has 96 valence electrons. The third-order valence-electron chi connectivity index (χ3n) is 1.82. The van der Waals surface area contributed by atoms with Gasteiger partial charge in [0.15, 0.2) is 0 Å².